The smallest absolute Gasteiger partial charge is 0.336 e. The normalized spacial score (nSPS) is 10.4. The van der Waals surface area contributed by atoms with E-state index in [1.165, 1.54) is 0 Å². The van der Waals surface area contributed by atoms with Gasteiger partial charge in [0.25, 0.3) is 0 Å². The largest absolute Gasteiger partial charge is 0.478 e. The molecular formula is C19H15O2P. The zero-order chi connectivity index (χ0) is 15.5. The van der Waals surface area contributed by atoms with E-state index >= 15 is 0 Å². The van der Waals surface area contributed by atoms with Crippen molar-refractivity contribution in [3.8, 4) is 22.3 Å². The van der Waals surface area contributed by atoms with Crippen LogP contribution in [0.5, 0.6) is 0 Å². The fraction of sp³-hybridized carbons (Fsp3) is 0. The van der Waals surface area contributed by atoms with E-state index in [1.807, 2.05) is 66.7 Å². The molecule has 0 heterocycles. The molecule has 3 aromatic carbocycles. The van der Waals surface area contributed by atoms with Gasteiger partial charge >= 0.3 is 5.97 Å². The molecule has 2 nitrogen and oxygen atoms in total. The highest BCUT2D eigenvalue weighted by atomic mass is 31.0. The van der Waals surface area contributed by atoms with Gasteiger partial charge in [-0.05, 0) is 33.6 Å². The molecule has 0 aliphatic carbocycles. The van der Waals surface area contributed by atoms with Gasteiger partial charge in [-0.25, -0.2) is 4.79 Å². The van der Waals surface area contributed by atoms with Crippen molar-refractivity contribution in [3.63, 3.8) is 0 Å². The number of hydrogen-bond donors (Lipinski definition) is 1. The van der Waals surface area contributed by atoms with Crippen LogP contribution in [0.4, 0.5) is 0 Å². The van der Waals surface area contributed by atoms with Gasteiger partial charge in [0.2, 0.25) is 0 Å². The van der Waals surface area contributed by atoms with E-state index in [0.717, 1.165) is 22.3 Å². The SMILES string of the molecule is O=C(O)c1ccc(-c2ccccc2)c(-c2ccccc2)c1P. The van der Waals surface area contributed by atoms with Crippen molar-refractivity contribution in [2.75, 3.05) is 0 Å². The second-order valence-electron chi connectivity index (χ2n) is 4.99. The molecule has 1 unspecified atom stereocenters. The number of rotatable bonds is 3. The minimum absolute atomic E-state index is 0.309. The van der Waals surface area contributed by atoms with Crippen molar-refractivity contribution >= 4 is 20.5 Å². The lowest BCUT2D eigenvalue weighted by molar-refractivity contribution is 0.0698. The Morgan fingerprint density at radius 3 is 1.86 bits per heavy atom. The van der Waals surface area contributed by atoms with Gasteiger partial charge in [-0.3, -0.25) is 0 Å². The van der Waals surface area contributed by atoms with Gasteiger partial charge < -0.3 is 5.11 Å². The van der Waals surface area contributed by atoms with E-state index in [0.29, 0.717) is 10.9 Å². The standard InChI is InChI=1S/C19H15O2P/c20-19(21)16-12-11-15(13-7-3-1-4-8-13)17(18(16)22)14-9-5-2-6-10-14/h1-12H,22H2,(H,20,21). The number of carbonyl (C=O) groups is 1. The van der Waals surface area contributed by atoms with Crippen molar-refractivity contribution in [2.24, 2.45) is 0 Å². The Morgan fingerprint density at radius 2 is 1.32 bits per heavy atom. The Labute approximate surface area is 131 Å². The summed E-state index contributed by atoms with van der Waals surface area (Å²) in [6, 6.07) is 23.4. The van der Waals surface area contributed by atoms with Crippen LogP contribution in [0.25, 0.3) is 22.3 Å². The molecule has 3 heteroatoms. The topological polar surface area (TPSA) is 37.3 Å². The van der Waals surface area contributed by atoms with Gasteiger partial charge in [0.05, 0.1) is 5.56 Å². The Bertz CT molecular complexity index is 812. The molecule has 0 saturated carbocycles. The first-order valence-electron chi connectivity index (χ1n) is 6.95. The van der Waals surface area contributed by atoms with Crippen LogP contribution in [0.3, 0.4) is 0 Å². The van der Waals surface area contributed by atoms with Crippen LogP contribution in [-0.2, 0) is 0 Å². The fourth-order valence-corrected chi connectivity index (χ4v) is 3.12. The van der Waals surface area contributed by atoms with Crippen LogP contribution in [0, 0.1) is 0 Å². The molecule has 108 valence electrons. The van der Waals surface area contributed by atoms with Crippen molar-refractivity contribution in [3.05, 3.63) is 78.4 Å². The Balaban J connectivity index is 2.32. The van der Waals surface area contributed by atoms with Crippen LogP contribution >= 0.6 is 9.24 Å². The molecule has 0 amide bonds. The van der Waals surface area contributed by atoms with Crippen LogP contribution in [0.1, 0.15) is 10.4 Å². The Kier molecular flexibility index (Phi) is 4.04. The maximum Gasteiger partial charge on any atom is 0.336 e. The van der Waals surface area contributed by atoms with Gasteiger partial charge in [0.15, 0.2) is 0 Å². The molecule has 0 fully saturated rings. The number of carboxylic acids is 1. The fourth-order valence-electron chi connectivity index (χ4n) is 2.58. The summed E-state index contributed by atoms with van der Waals surface area (Å²) in [6.45, 7) is 0. The maximum absolute atomic E-state index is 11.4. The zero-order valence-corrected chi connectivity index (χ0v) is 13.0. The number of aromatic carboxylic acids is 1. The third kappa shape index (κ3) is 2.66. The van der Waals surface area contributed by atoms with E-state index < -0.39 is 5.97 Å². The summed E-state index contributed by atoms with van der Waals surface area (Å²) in [6.07, 6.45) is 0. The van der Waals surface area contributed by atoms with Gasteiger partial charge in [0, 0.05) is 0 Å². The van der Waals surface area contributed by atoms with Gasteiger partial charge in [-0.1, -0.05) is 66.7 Å². The summed E-state index contributed by atoms with van der Waals surface area (Å²) < 4.78 is 0. The average Bonchev–Trinajstić information content (AvgIpc) is 2.55. The average molecular weight is 306 g/mol. The second kappa shape index (κ2) is 6.13. The minimum atomic E-state index is -0.915. The summed E-state index contributed by atoms with van der Waals surface area (Å²) in [4.78, 5) is 11.4. The first kappa shape index (κ1) is 14.5. The van der Waals surface area contributed by atoms with Gasteiger partial charge in [0.1, 0.15) is 0 Å². The molecule has 3 rings (SSSR count). The van der Waals surface area contributed by atoms with E-state index in [2.05, 4.69) is 9.24 Å². The third-order valence-corrected chi connectivity index (χ3v) is 4.22. The van der Waals surface area contributed by atoms with Crippen molar-refractivity contribution in [2.45, 2.75) is 0 Å². The van der Waals surface area contributed by atoms with E-state index in [4.69, 9.17) is 0 Å². The molecule has 1 atom stereocenters. The minimum Gasteiger partial charge on any atom is -0.478 e. The van der Waals surface area contributed by atoms with E-state index in [-0.39, 0.29) is 0 Å². The molecule has 0 spiro atoms. The molecule has 3 aromatic rings. The molecule has 0 saturated heterocycles. The summed E-state index contributed by atoms with van der Waals surface area (Å²) in [7, 11) is 2.59. The lowest BCUT2D eigenvalue weighted by Gasteiger charge is -2.15. The van der Waals surface area contributed by atoms with Gasteiger partial charge in [-0.15, -0.1) is 9.24 Å². The first-order chi connectivity index (χ1) is 10.7. The summed E-state index contributed by atoms with van der Waals surface area (Å²) in [5, 5.41) is 10.1. The number of benzene rings is 3. The van der Waals surface area contributed by atoms with Gasteiger partial charge in [-0.2, -0.15) is 0 Å². The van der Waals surface area contributed by atoms with E-state index in [1.54, 1.807) is 6.07 Å². The molecule has 22 heavy (non-hydrogen) atoms. The van der Waals surface area contributed by atoms with E-state index in [9.17, 15) is 9.90 Å². The van der Waals surface area contributed by atoms with Crippen molar-refractivity contribution < 1.29 is 9.90 Å². The van der Waals surface area contributed by atoms with Crippen LogP contribution in [0.2, 0.25) is 0 Å². The first-order valence-corrected chi connectivity index (χ1v) is 7.53. The highest BCUT2D eigenvalue weighted by Crippen LogP contribution is 2.32. The molecule has 0 aliphatic rings. The summed E-state index contributed by atoms with van der Waals surface area (Å²) in [5.74, 6) is -0.915. The lowest BCUT2D eigenvalue weighted by Crippen LogP contribution is -2.12. The highest BCUT2D eigenvalue weighted by molar-refractivity contribution is 7.28. The molecule has 0 bridgehead atoms. The van der Waals surface area contributed by atoms with Crippen LogP contribution < -0.4 is 5.30 Å². The quantitative estimate of drug-likeness (QED) is 0.736. The predicted molar refractivity (Wildman–Crippen MR) is 93.6 cm³/mol. The van der Waals surface area contributed by atoms with Crippen LogP contribution in [0.15, 0.2) is 72.8 Å². The monoisotopic (exact) mass is 306 g/mol. The third-order valence-electron chi connectivity index (χ3n) is 3.62. The molecule has 0 aromatic heterocycles. The predicted octanol–water partition coefficient (Wildman–Crippen LogP) is 4.22. The molecule has 0 aliphatic heterocycles. The maximum atomic E-state index is 11.4. The van der Waals surface area contributed by atoms with Crippen molar-refractivity contribution in [1.29, 1.82) is 0 Å². The lowest BCUT2D eigenvalue weighted by atomic mass is 9.92. The van der Waals surface area contributed by atoms with Crippen molar-refractivity contribution in [1.82, 2.24) is 0 Å². The Hall–Kier alpha value is -2.44. The zero-order valence-electron chi connectivity index (χ0n) is 11.9. The summed E-state index contributed by atoms with van der Waals surface area (Å²) >= 11 is 0. The van der Waals surface area contributed by atoms with Crippen LogP contribution in [-0.4, -0.2) is 11.1 Å². The number of carboxylic acid groups (broad SMARTS) is 1. The molecule has 1 N–H and O–H groups in total. The number of hydrogen-bond acceptors (Lipinski definition) is 1. The second-order valence-corrected chi connectivity index (χ2v) is 5.56. The highest BCUT2D eigenvalue weighted by Gasteiger charge is 2.16. The molecule has 0 radical (unpaired) electrons. The Morgan fingerprint density at radius 1 is 0.773 bits per heavy atom. The molecular weight excluding hydrogens is 291 g/mol. The summed E-state index contributed by atoms with van der Waals surface area (Å²) in [5.41, 5.74) is 4.36.